The quantitative estimate of drug-likeness (QED) is 0.219. The summed E-state index contributed by atoms with van der Waals surface area (Å²) in [7, 11) is 0. The van der Waals surface area contributed by atoms with Crippen molar-refractivity contribution in [1.82, 2.24) is 4.98 Å². The smallest absolute Gasteiger partial charge is 0.261 e. The molecule has 2 aromatic carbocycles. The molecule has 6 heteroatoms. The maximum absolute atomic E-state index is 13.1. The third-order valence-corrected chi connectivity index (χ3v) is 7.98. The molecule has 1 aliphatic carbocycles. The van der Waals surface area contributed by atoms with Crippen LogP contribution in [0.15, 0.2) is 77.9 Å². The Labute approximate surface area is 256 Å². The van der Waals surface area contributed by atoms with Crippen molar-refractivity contribution < 1.29 is 14.6 Å². The summed E-state index contributed by atoms with van der Waals surface area (Å²) in [5, 5.41) is 10.9. The van der Waals surface area contributed by atoms with Crippen LogP contribution in [0.2, 0.25) is 0 Å². The van der Waals surface area contributed by atoms with Crippen molar-refractivity contribution in [2.24, 2.45) is 0 Å². The number of allylic oxidation sites excluding steroid dienone is 3. The molecule has 3 aromatic rings. The molecule has 0 saturated heterocycles. The van der Waals surface area contributed by atoms with E-state index in [9.17, 15) is 9.90 Å². The van der Waals surface area contributed by atoms with Crippen LogP contribution < -0.4 is 11.5 Å². The number of hydrogen-bond acceptors (Lipinski definition) is 6. The minimum Gasteiger partial charge on any atom is -0.504 e. The predicted octanol–water partition coefficient (Wildman–Crippen LogP) is 8.67. The highest BCUT2D eigenvalue weighted by Gasteiger charge is 2.26. The summed E-state index contributed by atoms with van der Waals surface area (Å²) in [5.74, 6) is -0.113. The van der Waals surface area contributed by atoms with E-state index in [0.29, 0.717) is 11.3 Å². The molecule has 1 aromatic heterocycles. The van der Waals surface area contributed by atoms with E-state index in [-0.39, 0.29) is 41.8 Å². The molecule has 1 heterocycles. The first-order valence-corrected chi connectivity index (χ1v) is 15.1. The van der Waals surface area contributed by atoms with Crippen LogP contribution in [0.1, 0.15) is 118 Å². The minimum absolute atomic E-state index is 0.0605. The van der Waals surface area contributed by atoms with Gasteiger partial charge in [-0.15, -0.1) is 0 Å². The highest BCUT2D eigenvalue weighted by atomic mass is 16.5. The van der Waals surface area contributed by atoms with Gasteiger partial charge >= 0.3 is 0 Å². The van der Waals surface area contributed by atoms with Crippen LogP contribution in [0.25, 0.3) is 5.57 Å². The van der Waals surface area contributed by atoms with Gasteiger partial charge < -0.3 is 21.3 Å². The number of hydrogen-bond donors (Lipinski definition) is 3. The zero-order chi connectivity index (χ0) is 31.6. The van der Waals surface area contributed by atoms with Crippen molar-refractivity contribution in [1.29, 1.82) is 0 Å². The lowest BCUT2D eigenvalue weighted by atomic mass is 9.82. The lowest BCUT2D eigenvalue weighted by molar-refractivity contribution is -0.118. The molecule has 0 amide bonds. The second kappa shape index (κ2) is 12.9. The van der Waals surface area contributed by atoms with Gasteiger partial charge in [0.1, 0.15) is 6.61 Å². The molecular weight excluding hydrogens is 534 g/mol. The van der Waals surface area contributed by atoms with Gasteiger partial charge in [-0.1, -0.05) is 61.5 Å². The number of benzene rings is 2. The Hall–Kier alpha value is -4.32. The number of nitrogen functional groups attached to an aromatic ring is 2. The number of nitrogens with zero attached hydrogens (tertiary/aromatic N) is 1. The number of rotatable bonds is 9. The molecule has 0 spiro atoms. The summed E-state index contributed by atoms with van der Waals surface area (Å²) in [6.07, 6.45) is 4.93. The monoisotopic (exact) mass is 579 g/mol. The van der Waals surface area contributed by atoms with Gasteiger partial charge in [0.05, 0.1) is 5.69 Å². The number of ketones is 1. The number of aliphatic hydroxyl groups is 1. The number of Topliss-reactive ketones (excluding diaryl/α,β-unsaturated/α-hetero) is 1. The molecule has 43 heavy (non-hydrogen) atoms. The minimum atomic E-state index is -0.565. The second-order valence-corrected chi connectivity index (χ2v) is 12.6. The molecule has 0 fully saturated rings. The molecule has 0 bridgehead atoms. The number of aromatic nitrogens is 1. The van der Waals surface area contributed by atoms with Crippen molar-refractivity contribution in [2.45, 2.75) is 85.7 Å². The molecule has 0 atom stereocenters. The number of carbonyl (C=O) groups excluding carboxylic acids is 1. The van der Waals surface area contributed by atoms with Crippen LogP contribution in [0.3, 0.4) is 0 Å². The lowest BCUT2D eigenvalue weighted by Crippen LogP contribution is -2.15. The first kappa shape index (κ1) is 31.6. The Morgan fingerprint density at radius 2 is 1.23 bits per heavy atom. The summed E-state index contributed by atoms with van der Waals surface area (Å²) in [6, 6.07) is 14.1. The second-order valence-electron chi connectivity index (χ2n) is 12.6. The van der Waals surface area contributed by atoms with Gasteiger partial charge in [0.15, 0.2) is 11.5 Å². The molecule has 1 aliphatic rings. The lowest BCUT2D eigenvalue weighted by Gasteiger charge is -2.24. The fourth-order valence-corrected chi connectivity index (χ4v) is 5.57. The molecule has 0 radical (unpaired) electrons. The van der Waals surface area contributed by atoms with Crippen LogP contribution in [-0.2, 0) is 16.1 Å². The number of ether oxygens (including phenoxy) is 1. The Morgan fingerprint density at radius 3 is 1.63 bits per heavy atom. The van der Waals surface area contributed by atoms with Gasteiger partial charge in [0.2, 0.25) is 0 Å². The van der Waals surface area contributed by atoms with E-state index in [1.165, 1.54) is 6.08 Å². The Kier molecular flexibility index (Phi) is 9.49. The molecule has 4 rings (SSSR count). The van der Waals surface area contributed by atoms with Gasteiger partial charge in [-0.05, 0) is 117 Å². The van der Waals surface area contributed by atoms with Gasteiger partial charge in [0, 0.05) is 17.6 Å². The molecule has 0 aliphatic heterocycles. The van der Waals surface area contributed by atoms with E-state index < -0.39 is 5.78 Å². The zero-order valence-corrected chi connectivity index (χ0v) is 26.7. The summed E-state index contributed by atoms with van der Waals surface area (Å²) >= 11 is 0. The Bertz CT molecular complexity index is 1480. The van der Waals surface area contributed by atoms with E-state index >= 15 is 0 Å². The predicted molar refractivity (Wildman–Crippen MR) is 177 cm³/mol. The topological polar surface area (TPSA) is 111 Å². The van der Waals surface area contributed by atoms with E-state index in [2.05, 4.69) is 84.6 Å². The molecule has 226 valence electrons. The van der Waals surface area contributed by atoms with Crippen molar-refractivity contribution in [3.63, 3.8) is 0 Å². The maximum Gasteiger partial charge on any atom is 0.261 e. The SMILES string of the molecule is CC(C)c1cc(C(=C2C=C(O)C(=O)C(OCc3ccccn3)=C2)c2cc(C(C)C)c(N)c(C(C)C)c2)cc(C(C)C)c1N. The highest BCUT2D eigenvalue weighted by molar-refractivity contribution is 6.08. The number of pyridine rings is 1. The van der Waals surface area contributed by atoms with Crippen molar-refractivity contribution in [2.75, 3.05) is 11.5 Å². The summed E-state index contributed by atoms with van der Waals surface area (Å²) < 4.78 is 5.96. The molecule has 0 saturated carbocycles. The first-order valence-electron chi connectivity index (χ1n) is 15.1. The number of nitrogens with two attached hydrogens (primary N) is 2. The summed E-state index contributed by atoms with van der Waals surface area (Å²) in [6.45, 7) is 17.2. The van der Waals surface area contributed by atoms with Gasteiger partial charge in [-0.3, -0.25) is 9.78 Å². The number of anilines is 2. The molecular formula is C37H45N3O3. The Morgan fingerprint density at radius 1 is 0.767 bits per heavy atom. The Balaban J connectivity index is 2.07. The van der Waals surface area contributed by atoms with E-state index in [0.717, 1.165) is 50.3 Å². The van der Waals surface area contributed by atoms with Crippen molar-refractivity contribution >= 4 is 22.7 Å². The van der Waals surface area contributed by atoms with Crippen molar-refractivity contribution in [3.8, 4) is 0 Å². The normalized spacial score (nSPS) is 13.7. The van der Waals surface area contributed by atoms with E-state index in [4.69, 9.17) is 16.2 Å². The fourth-order valence-electron chi connectivity index (χ4n) is 5.57. The van der Waals surface area contributed by atoms with Crippen LogP contribution in [0.4, 0.5) is 11.4 Å². The fraction of sp³-hybridized carbons (Fsp3) is 0.351. The van der Waals surface area contributed by atoms with Gasteiger partial charge in [-0.2, -0.15) is 0 Å². The van der Waals surface area contributed by atoms with Crippen LogP contribution in [-0.4, -0.2) is 15.9 Å². The maximum atomic E-state index is 13.1. The molecule has 6 nitrogen and oxygen atoms in total. The standard InChI is InChI=1S/C37H45N3O3/c1-20(2)28-13-24(14-29(21(3)4)35(28)38)34(25-15-30(22(5)6)36(39)31(16-25)23(7)8)26-17-32(41)37(42)33(18-26)43-19-27-11-9-10-12-40-27/h9-18,20-23,41H,19,38-39H2,1-8H3. The average molecular weight is 580 g/mol. The van der Waals surface area contributed by atoms with Crippen LogP contribution >= 0.6 is 0 Å². The highest BCUT2D eigenvalue weighted by Crippen LogP contribution is 2.41. The summed E-state index contributed by atoms with van der Waals surface area (Å²) in [4.78, 5) is 17.4. The van der Waals surface area contributed by atoms with Gasteiger partial charge in [-0.25, -0.2) is 0 Å². The average Bonchev–Trinajstić information content (AvgIpc) is 2.95. The number of aliphatic hydroxyl groups excluding tert-OH is 1. The van der Waals surface area contributed by atoms with Crippen LogP contribution in [0.5, 0.6) is 0 Å². The zero-order valence-electron chi connectivity index (χ0n) is 26.7. The van der Waals surface area contributed by atoms with Gasteiger partial charge in [0.25, 0.3) is 5.78 Å². The molecule has 5 N–H and O–H groups in total. The van der Waals surface area contributed by atoms with E-state index in [1.54, 1.807) is 12.3 Å². The molecule has 0 unspecified atom stereocenters. The number of carbonyl (C=O) groups is 1. The third kappa shape index (κ3) is 6.69. The third-order valence-electron chi connectivity index (χ3n) is 7.98. The van der Waals surface area contributed by atoms with Crippen molar-refractivity contribution in [3.05, 3.63) is 117 Å². The largest absolute Gasteiger partial charge is 0.504 e. The summed E-state index contributed by atoms with van der Waals surface area (Å²) in [5.41, 5.74) is 23.3. The van der Waals surface area contributed by atoms with Crippen LogP contribution in [0, 0.1) is 0 Å². The first-order chi connectivity index (χ1) is 20.3. The van der Waals surface area contributed by atoms with E-state index in [1.807, 2.05) is 18.2 Å².